The number of aryl methyl sites for hydroxylation is 1. The number of hydrogen-bond donors (Lipinski definition) is 1. The molecule has 0 spiro atoms. The lowest BCUT2D eigenvalue weighted by Crippen LogP contribution is -2.44. The fraction of sp³-hybridized carbons (Fsp3) is 0.318. The van der Waals surface area contributed by atoms with Crippen molar-refractivity contribution >= 4 is 33.4 Å². The quantitative estimate of drug-likeness (QED) is 0.731. The van der Waals surface area contributed by atoms with Gasteiger partial charge >= 0.3 is 5.97 Å². The van der Waals surface area contributed by atoms with E-state index in [1.165, 1.54) is 13.0 Å². The van der Waals surface area contributed by atoms with Crippen LogP contribution in [0.15, 0.2) is 58.4 Å². The van der Waals surface area contributed by atoms with Crippen LogP contribution in [0, 0.1) is 0 Å². The zero-order chi connectivity index (χ0) is 22.2. The van der Waals surface area contributed by atoms with Crippen molar-refractivity contribution in [1.82, 2.24) is 4.72 Å². The number of para-hydroxylation sites is 1. The first kappa shape index (κ1) is 21.0. The van der Waals surface area contributed by atoms with Crippen LogP contribution in [0.5, 0.6) is 0 Å². The Hall–Kier alpha value is -3.20. The fourth-order valence-electron chi connectivity index (χ4n) is 3.87. The number of nitrogens with one attached hydrogen (secondary N) is 1. The summed E-state index contributed by atoms with van der Waals surface area (Å²) in [6.07, 6.45) is 1.73. The van der Waals surface area contributed by atoms with E-state index in [4.69, 9.17) is 4.74 Å². The van der Waals surface area contributed by atoms with Crippen LogP contribution in [-0.2, 0) is 30.8 Å². The second kappa shape index (κ2) is 8.14. The number of esters is 1. The Morgan fingerprint density at radius 1 is 1.19 bits per heavy atom. The third kappa shape index (κ3) is 4.05. The van der Waals surface area contributed by atoms with Crippen molar-refractivity contribution in [3.05, 3.63) is 59.7 Å². The van der Waals surface area contributed by atoms with Crippen molar-refractivity contribution in [2.75, 3.05) is 11.5 Å². The first-order valence-electron chi connectivity index (χ1n) is 10.0. The summed E-state index contributed by atoms with van der Waals surface area (Å²) < 4.78 is 31.9. The van der Waals surface area contributed by atoms with E-state index in [9.17, 15) is 18.0 Å². The molecule has 0 aliphatic carbocycles. The van der Waals surface area contributed by atoms with Crippen molar-refractivity contribution < 1.29 is 22.7 Å². The van der Waals surface area contributed by atoms with Gasteiger partial charge in [-0.2, -0.15) is 0 Å². The number of fused-ring (bicyclic) bond motifs is 2. The number of anilines is 1. The molecular formula is C22H23N3O5S. The summed E-state index contributed by atoms with van der Waals surface area (Å²) in [6, 6.07) is 13.1. The molecule has 9 heteroatoms. The normalized spacial score (nSPS) is 21.0. The number of aliphatic imine (C=N–C) groups is 1. The highest BCUT2D eigenvalue weighted by Gasteiger charge is 2.32. The highest BCUT2D eigenvalue weighted by Crippen LogP contribution is 2.30. The third-order valence-corrected chi connectivity index (χ3v) is 6.85. The maximum absolute atomic E-state index is 12.8. The minimum Gasteiger partial charge on any atom is -0.454 e. The average molecular weight is 442 g/mol. The van der Waals surface area contributed by atoms with Crippen LogP contribution in [0.2, 0.25) is 0 Å². The summed E-state index contributed by atoms with van der Waals surface area (Å²) in [4.78, 5) is 31.2. The number of carbonyl (C=O) groups is 2. The molecule has 4 rings (SSSR count). The van der Waals surface area contributed by atoms with E-state index in [0.29, 0.717) is 5.56 Å². The predicted molar refractivity (Wildman–Crippen MR) is 115 cm³/mol. The Bertz CT molecular complexity index is 1180. The molecule has 0 bridgehead atoms. The molecule has 31 heavy (non-hydrogen) atoms. The van der Waals surface area contributed by atoms with E-state index in [1.54, 1.807) is 23.1 Å². The number of amides is 1. The van der Waals surface area contributed by atoms with Gasteiger partial charge < -0.3 is 9.64 Å². The van der Waals surface area contributed by atoms with Gasteiger partial charge in [0.2, 0.25) is 0 Å². The summed E-state index contributed by atoms with van der Waals surface area (Å²) in [5, 5.41) is 0. The smallest absolute Gasteiger partial charge is 0.331 e. The first-order valence-corrected chi connectivity index (χ1v) is 11.5. The summed E-state index contributed by atoms with van der Waals surface area (Å²) in [5.41, 5.74) is 2.33. The number of carbonyl (C=O) groups excluding carboxylic acids is 2. The van der Waals surface area contributed by atoms with Gasteiger partial charge in [-0.05, 0) is 50.5 Å². The highest BCUT2D eigenvalue weighted by molar-refractivity contribution is 7.90. The van der Waals surface area contributed by atoms with Gasteiger partial charge in [0, 0.05) is 17.3 Å². The summed E-state index contributed by atoms with van der Waals surface area (Å²) in [7, 11) is -3.69. The van der Waals surface area contributed by atoms with Crippen LogP contribution in [-0.4, -0.2) is 44.8 Å². The van der Waals surface area contributed by atoms with E-state index in [2.05, 4.69) is 9.71 Å². The number of amidine groups is 1. The van der Waals surface area contributed by atoms with Crippen LogP contribution in [0.3, 0.4) is 0 Å². The Morgan fingerprint density at radius 3 is 2.71 bits per heavy atom. The van der Waals surface area contributed by atoms with E-state index >= 15 is 0 Å². The summed E-state index contributed by atoms with van der Waals surface area (Å²) in [6.45, 7) is 3.05. The molecule has 2 aromatic rings. The Kier molecular flexibility index (Phi) is 5.53. The maximum atomic E-state index is 12.8. The number of rotatable bonds is 4. The predicted octanol–water partition coefficient (Wildman–Crippen LogP) is 2.02. The van der Waals surface area contributed by atoms with Gasteiger partial charge in [-0.1, -0.05) is 30.3 Å². The van der Waals surface area contributed by atoms with Gasteiger partial charge in [0.1, 0.15) is 11.9 Å². The number of nitrogens with zero attached hydrogens (tertiary/aromatic N) is 2. The van der Waals surface area contributed by atoms with Gasteiger partial charge in [-0.3, -0.25) is 14.5 Å². The molecule has 0 aromatic heterocycles. The molecule has 2 heterocycles. The molecule has 2 atom stereocenters. The minimum absolute atomic E-state index is 0.00293. The van der Waals surface area contributed by atoms with Crippen LogP contribution < -0.4 is 9.62 Å². The maximum Gasteiger partial charge on any atom is 0.331 e. The van der Waals surface area contributed by atoms with Crippen LogP contribution in [0.25, 0.3) is 0 Å². The van der Waals surface area contributed by atoms with E-state index in [0.717, 1.165) is 24.1 Å². The van der Waals surface area contributed by atoms with Crippen molar-refractivity contribution in [1.29, 1.82) is 0 Å². The van der Waals surface area contributed by atoms with Gasteiger partial charge in [-0.25, -0.2) is 13.2 Å². The van der Waals surface area contributed by atoms with Crippen molar-refractivity contribution in [2.45, 2.75) is 43.7 Å². The third-order valence-electron chi connectivity index (χ3n) is 5.46. The molecule has 1 N–H and O–H groups in total. The summed E-state index contributed by atoms with van der Waals surface area (Å²) in [5.74, 6) is -0.924. The molecule has 0 radical (unpaired) electrons. The first-order chi connectivity index (χ1) is 14.8. The zero-order valence-electron chi connectivity index (χ0n) is 17.2. The largest absolute Gasteiger partial charge is 0.454 e. The van der Waals surface area contributed by atoms with Gasteiger partial charge in [0.05, 0.1) is 4.90 Å². The molecule has 162 valence electrons. The Morgan fingerprint density at radius 2 is 1.90 bits per heavy atom. The standard InChI is InChI=1S/C22H23N3O5S/c1-14-11-12-16-7-3-5-9-18(16)25(14)20(26)13-30-22(27)15(2)23-21-17-8-4-6-10-19(17)31(28,29)24-21/h3-10,14-15H,11-13H2,1-2H3,(H,23,24)/t14?,15-/m0/s1. The molecular weight excluding hydrogens is 418 g/mol. The second-order valence-electron chi connectivity index (χ2n) is 7.64. The van der Waals surface area contributed by atoms with Gasteiger partial charge in [-0.15, -0.1) is 0 Å². The monoisotopic (exact) mass is 441 g/mol. The zero-order valence-corrected chi connectivity index (χ0v) is 18.1. The molecule has 1 unspecified atom stereocenters. The lowest BCUT2D eigenvalue weighted by Gasteiger charge is -2.35. The molecule has 0 fully saturated rings. The SMILES string of the molecule is CC1CCc2ccccc2N1C(=O)COC(=O)[C@H](C)N=C1NS(=O)(=O)c2ccccc21. The second-order valence-corrected chi connectivity index (χ2v) is 9.29. The van der Waals surface area contributed by atoms with Crippen LogP contribution >= 0.6 is 0 Å². The van der Waals surface area contributed by atoms with E-state index in [1.807, 2.05) is 31.2 Å². The van der Waals surface area contributed by atoms with E-state index < -0.39 is 28.6 Å². The number of sulfonamides is 1. The Labute approximate surface area is 181 Å². The molecule has 0 saturated carbocycles. The molecule has 1 amide bonds. The molecule has 2 aromatic carbocycles. The average Bonchev–Trinajstić information content (AvgIpc) is 3.01. The van der Waals surface area contributed by atoms with Gasteiger partial charge in [0.15, 0.2) is 6.61 Å². The number of benzene rings is 2. The molecule has 2 aliphatic rings. The topological polar surface area (TPSA) is 105 Å². The fourth-order valence-corrected chi connectivity index (χ4v) is 5.11. The highest BCUT2D eigenvalue weighted by atomic mass is 32.2. The van der Waals surface area contributed by atoms with Crippen molar-refractivity contribution in [3.63, 3.8) is 0 Å². The molecule has 8 nitrogen and oxygen atoms in total. The van der Waals surface area contributed by atoms with E-state index in [-0.39, 0.29) is 22.7 Å². The lowest BCUT2D eigenvalue weighted by atomic mass is 9.96. The summed E-state index contributed by atoms with van der Waals surface area (Å²) >= 11 is 0. The molecule has 2 aliphatic heterocycles. The lowest BCUT2D eigenvalue weighted by molar-refractivity contribution is -0.148. The number of hydrogen-bond acceptors (Lipinski definition) is 6. The number of ether oxygens (including phenoxy) is 1. The van der Waals surface area contributed by atoms with Crippen LogP contribution in [0.4, 0.5) is 5.69 Å². The molecule has 0 saturated heterocycles. The minimum atomic E-state index is -3.69. The van der Waals surface area contributed by atoms with Crippen LogP contribution in [0.1, 0.15) is 31.4 Å². The van der Waals surface area contributed by atoms with Gasteiger partial charge in [0.25, 0.3) is 15.9 Å². The van der Waals surface area contributed by atoms with Crippen molar-refractivity contribution in [2.24, 2.45) is 4.99 Å². The Balaban J connectivity index is 1.44. The van der Waals surface area contributed by atoms with Crippen molar-refractivity contribution in [3.8, 4) is 0 Å².